The molecule has 21 heavy (non-hydrogen) atoms. The summed E-state index contributed by atoms with van der Waals surface area (Å²) in [5.74, 6) is -1.70. The normalized spacial score (nSPS) is 19.0. The largest absolute Gasteiger partial charge is 0.480 e. The zero-order valence-electron chi connectivity index (χ0n) is 11.4. The summed E-state index contributed by atoms with van der Waals surface area (Å²) in [5, 5.41) is 8.99. The molecule has 1 aromatic carbocycles. The molecule has 1 aliphatic rings. The standard InChI is InChI=1S/C13H16N2O5S/c1-21(19,20)14-10-7-6-9-4-2-3-5-11(9)15(13(10)18)8-12(16)17/h2-5,10,14H,6-8H2,1H3,(H,16,17). The Morgan fingerprint density at radius 1 is 1.43 bits per heavy atom. The van der Waals surface area contributed by atoms with E-state index >= 15 is 0 Å². The fraction of sp³-hybridized carbons (Fsp3) is 0.385. The molecule has 1 aliphatic heterocycles. The highest BCUT2D eigenvalue weighted by molar-refractivity contribution is 7.88. The third-order valence-electron chi connectivity index (χ3n) is 3.20. The van der Waals surface area contributed by atoms with Crippen molar-refractivity contribution in [3.8, 4) is 0 Å². The van der Waals surface area contributed by atoms with Gasteiger partial charge in [0.1, 0.15) is 12.6 Å². The second-order valence-corrected chi connectivity index (χ2v) is 6.71. The van der Waals surface area contributed by atoms with Gasteiger partial charge in [0.05, 0.1) is 6.26 Å². The van der Waals surface area contributed by atoms with Gasteiger partial charge in [0.15, 0.2) is 0 Å². The molecule has 2 rings (SSSR count). The number of hydrogen-bond acceptors (Lipinski definition) is 4. The van der Waals surface area contributed by atoms with Gasteiger partial charge in [0.2, 0.25) is 15.9 Å². The lowest BCUT2D eigenvalue weighted by Crippen LogP contribution is -2.49. The highest BCUT2D eigenvalue weighted by atomic mass is 32.2. The molecule has 0 aromatic heterocycles. The van der Waals surface area contributed by atoms with Crippen molar-refractivity contribution < 1.29 is 23.1 Å². The molecule has 0 saturated carbocycles. The molecule has 0 spiro atoms. The molecule has 0 saturated heterocycles. The van der Waals surface area contributed by atoms with Crippen LogP contribution in [-0.2, 0) is 26.0 Å². The number of carboxylic acid groups (broad SMARTS) is 1. The minimum Gasteiger partial charge on any atom is -0.480 e. The molecule has 114 valence electrons. The van der Waals surface area contributed by atoms with E-state index in [1.54, 1.807) is 24.3 Å². The molecule has 1 atom stereocenters. The number of anilines is 1. The smallest absolute Gasteiger partial charge is 0.323 e. The number of benzene rings is 1. The van der Waals surface area contributed by atoms with Gasteiger partial charge in [-0.15, -0.1) is 0 Å². The van der Waals surface area contributed by atoms with Crippen LogP contribution in [0.2, 0.25) is 0 Å². The summed E-state index contributed by atoms with van der Waals surface area (Å²) in [6, 6.07) is 6.03. The maximum Gasteiger partial charge on any atom is 0.323 e. The Morgan fingerprint density at radius 2 is 2.10 bits per heavy atom. The number of hydrogen-bond donors (Lipinski definition) is 2. The van der Waals surface area contributed by atoms with Gasteiger partial charge in [-0.25, -0.2) is 13.1 Å². The lowest BCUT2D eigenvalue weighted by atomic mass is 10.1. The average molecular weight is 312 g/mol. The van der Waals surface area contributed by atoms with Crippen LogP contribution in [0.25, 0.3) is 0 Å². The van der Waals surface area contributed by atoms with E-state index in [-0.39, 0.29) is 0 Å². The van der Waals surface area contributed by atoms with E-state index in [1.165, 1.54) is 0 Å². The van der Waals surface area contributed by atoms with E-state index < -0.39 is 34.5 Å². The van der Waals surface area contributed by atoms with Crippen molar-refractivity contribution >= 4 is 27.6 Å². The summed E-state index contributed by atoms with van der Waals surface area (Å²) < 4.78 is 25.0. The van der Waals surface area contributed by atoms with Gasteiger partial charge in [-0.05, 0) is 24.5 Å². The first-order chi connectivity index (χ1) is 9.78. The number of carboxylic acids is 1. The Bertz CT molecular complexity index is 671. The zero-order valence-corrected chi connectivity index (χ0v) is 12.3. The van der Waals surface area contributed by atoms with E-state index in [0.717, 1.165) is 16.7 Å². The van der Waals surface area contributed by atoms with Crippen molar-refractivity contribution in [1.82, 2.24) is 4.72 Å². The monoisotopic (exact) mass is 312 g/mol. The lowest BCUT2D eigenvalue weighted by Gasteiger charge is -2.24. The van der Waals surface area contributed by atoms with Gasteiger partial charge in [-0.2, -0.15) is 0 Å². The summed E-state index contributed by atoms with van der Waals surface area (Å²) in [5.41, 5.74) is 1.34. The van der Waals surface area contributed by atoms with E-state index in [0.29, 0.717) is 18.5 Å². The van der Waals surface area contributed by atoms with E-state index in [2.05, 4.69) is 4.72 Å². The van der Waals surface area contributed by atoms with Gasteiger partial charge in [0, 0.05) is 5.69 Å². The van der Waals surface area contributed by atoms with Crippen LogP contribution in [0.4, 0.5) is 5.69 Å². The molecule has 1 unspecified atom stereocenters. The molecular weight excluding hydrogens is 296 g/mol. The zero-order chi connectivity index (χ0) is 15.6. The number of aliphatic carboxylic acids is 1. The highest BCUT2D eigenvalue weighted by Gasteiger charge is 2.32. The number of carbonyl (C=O) groups is 2. The number of carbonyl (C=O) groups excluding carboxylic acids is 1. The van der Waals surface area contributed by atoms with E-state index in [1.807, 2.05) is 0 Å². The highest BCUT2D eigenvalue weighted by Crippen LogP contribution is 2.26. The molecule has 2 N–H and O–H groups in total. The van der Waals surface area contributed by atoms with Crippen LogP contribution in [0.3, 0.4) is 0 Å². The minimum atomic E-state index is -3.56. The Kier molecular flexibility index (Phi) is 4.29. The van der Waals surface area contributed by atoms with Crippen molar-refractivity contribution in [2.45, 2.75) is 18.9 Å². The maximum atomic E-state index is 12.5. The van der Waals surface area contributed by atoms with E-state index in [9.17, 15) is 18.0 Å². The molecule has 1 heterocycles. The van der Waals surface area contributed by atoms with Crippen molar-refractivity contribution in [2.75, 3.05) is 17.7 Å². The molecule has 1 aromatic rings. The third-order valence-corrected chi connectivity index (χ3v) is 3.91. The number of fused-ring (bicyclic) bond motifs is 1. The molecule has 0 aliphatic carbocycles. The van der Waals surface area contributed by atoms with Crippen molar-refractivity contribution in [2.24, 2.45) is 0 Å². The van der Waals surface area contributed by atoms with Crippen LogP contribution >= 0.6 is 0 Å². The van der Waals surface area contributed by atoms with Crippen LogP contribution in [0, 0.1) is 0 Å². The Balaban J connectivity index is 2.40. The molecule has 0 fully saturated rings. The second kappa shape index (κ2) is 5.82. The summed E-state index contributed by atoms with van der Waals surface area (Å²) in [4.78, 5) is 24.6. The number of amides is 1. The van der Waals surface area contributed by atoms with Gasteiger partial charge in [-0.1, -0.05) is 18.2 Å². The van der Waals surface area contributed by atoms with Crippen LogP contribution in [0.1, 0.15) is 12.0 Å². The Labute approximate surface area is 122 Å². The van der Waals surface area contributed by atoms with Crippen molar-refractivity contribution in [1.29, 1.82) is 0 Å². The predicted octanol–water partition coefficient (Wildman–Crippen LogP) is -0.0318. The number of para-hydroxylation sites is 1. The third kappa shape index (κ3) is 3.79. The van der Waals surface area contributed by atoms with Crippen LogP contribution < -0.4 is 9.62 Å². The van der Waals surface area contributed by atoms with Crippen LogP contribution in [-0.4, -0.2) is 44.2 Å². The first kappa shape index (κ1) is 15.5. The lowest BCUT2D eigenvalue weighted by molar-refractivity contribution is -0.136. The number of sulfonamides is 1. The molecule has 7 nitrogen and oxygen atoms in total. The number of nitrogens with zero attached hydrogens (tertiary/aromatic N) is 1. The maximum absolute atomic E-state index is 12.5. The molecular formula is C13H16N2O5S. The topological polar surface area (TPSA) is 104 Å². The SMILES string of the molecule is CS(=O)(=O)NC1CCc2ccccc2N(CC(=O)O)C1=O. The van der Waals surface area contributed by atoms with E-state index in [4.69, 9.17) is 5.11 Å². The fourth-order valence-electron chi connectivity index (χ4n) is 2.38. The molecule has 8 heteroatoms. The fourth-order valence-corrected chi connectivity index (χ4v) is 3.12. The summed E-state index contributed by atoms with van der Waals surface area (Å²) >= 11 is 0. The Morgan fingerprint density at radius 3 is 2.71 bits per heavy atom. The van der Waals surface area contributed by atoms with Gasteiger partial charge < -0.3 is 5.11 Å². The number of nitrogens with one attached hydrogen (secondary N) is 1. The molecule has 0 bridgehead atoms. The first-order valence-corrected chi connectivity index (χ1v) is 8.25. The summed E-state index contributed by atoms with van der Waals surface area (Å²) in [6.07, 6.45) is 1.75. The number of rotatable bonds is 4. The first-order valence-electron chi connectivity index (χ1n) is 6.36. The quantitative estimate of drug-likeness (QED) is 0.812. The predicted molar refractivity (Wildman–Crippen MR) is 76.5 cm³/mol. The average Bonchev–Trinajstić information content (AvgIpc) is 2.49. The number of aryl methyl sites for hydroxylation is 1. The van der Waals surface area contributed by atoms with Crippen LogP contribution in [0.5, 0.6) is 0 Å². The van der Waals surface area contributed by atoms with Gasteiger partial charge in [-0.3, -0.25) is 14.5 Å². The molecule has 0 radical (unpaired) electrons. The Hall–Kier alpha value is -1.93. The van der Waals surface area contributed by atoms with Gasteiger partial charge >= 0.3 is 5.97 Å². The summed E-state index contributed by atoms with van der Waals surface area (Å²) in [6.45, 7) is -0.502. The summed E-state index contributed by atoms with van der Waals surface area (Å²) in [7, 11) is -3.56. The second-order valence-electron chi connectivity index (χ2n) is 4.93. The van der Waals surface area contributed by atoms with Gasteiger partial charge in [0.25, 0.3) is 0 Å². The minimum absolute atomic E-state index is 0.291. The molecule has 1 amide bonds. The van der Waals surface area contributed by atoms with Crippen molar-refractivity contribution in [3.63, 3.8) is 0 Å². The van der Waals surface area contributed by atoms with Crippen molar-refractivity contribution in [3.05, 3.63) is 29.8 Å². The van der Waals surface area contributed by atoms with Crippen LogP contribution in [0.15, 0.2) is 24.3 Å².